The van der Waals surface area contributed by atoms with Crippen molar-refractivity contribution >= 4 is 18.4 Å². The van der Waals surface area contributed by atoms with E-state index in [4.69, 9.17) is 15.2 Å². The van der Waals surface area contributed by atoms with Crippen LogP contribution in [0.3, 0.4) is 0 Å². The van der Waals surface area contributed by atoms with Gasteiger partial charge in [-0.2, -0.15) is 10.2 Å². The average Bonchev–Trinajstić information content (AvgIpc) is 2.62. The van der Waals surface area contributed by atoms with E-state index < -0.39 is 0 Å². The molecule has 7 nitrogen and oxygen atoms in total. The molecule has 0 aliphatic heterocycles. The summed E-state index contributed by atoms with van der Waals surface area (Å²) in [6.07, 6.45) is 3.18. The van der Waals surface area contributed by atoms with Crippen LogP contribution in [0.4, 0.5) is 0 Å². The number of guanidine groups is 1. The first-order valence-corrected chi connectivity index (χ1v) is 7.15. The normalized spacial score (nSPS) is 11.8. The Morgan fingerprint density at radius 1 is 0.958 bits per heavy atom. The zero-order valence-electron chi connectivity index (χ0n) is 13.5. The van der Waals surface area contributed by atoms with E-state index >= 15 is 0 Å². The van der Waals surface area contributed by atoms with Gasteiger partial charge in [0, 0.05) is 0 Å². The van der Waals surface area contributed by atoms with E-state index in [0.717, 1.165) is 22.6 Å². The van der Waals surface area contributed by atoms with Crippen LogP contribution in [0, 0.1) is 0 Å². The van der Waals surface area contributed by atoms with Gasteiger partial charge in [0.1, 0.15) is 11.5 Å². The van der Waals surface area contributed by atoms with E-state index in [1.807, 2.05) is 48.5 Å². The maximum atomic E-state index is 5.68. The number of benzene rings is 2. The van der Waals surface area contributed by atoms with Gasteiger partial charge in [0.25, 0.3) is 0 Å². The molecule has 0 radical (unpaired) electrons. The van der Waals surface area contributed by atoms with Gasteiger partial charge in [-0.05, 0) is 35.4 Å². The minimum atomic E-state index is 0.0771. The molecule has 2 aromatic carbocycles. The van der Waals surface area contributed by atoms with Gasteiger partial charge in [0.05, 0.1) is 26.6 Å². The summed E-state index contributed by atoms with van der Waals surface area (Å²) in [6.45, 7) is 0. The van der Waals surface area contributed by atoms with Crippen molar-refractivity contribution in [3.05, 3.63) is 59.7 Å². The van der Waals surface area contributed by atoms with Crippen molar-refractivity contribution in [3.8, 4) is 11.5 Å². The molecule has 0 heterocycles. The number of hydrazone groups is 1. The molecular weight excluding hydrogens is 306 g/mol. The van der Waals surface area contributed by atoms with Crippen LogP contribution in [0.5, 0.6) is 11.5 Å². The summed E-state index contributed by atoms with van der Waals surface area (Å²) in [5.41, 5.74) is 9.99. The highest BCUT2D eigenvalue weighted by atomic mass is 16.5. The van der Waals surface area contributed by atoms with Crippen LogP contribution in [-0.2, 0) is 0 Å². The quantitative estimate of drug-likeness (QED) is 0.482. The lowest BCUT2D eigenvalue weighted by molar-refractivity contribution is 0.414. The zero-order valence-corrected chi connectivity index (χ0v) is 13.5. The molecule has 0 aliphatic carbocycles. The van der Waals surface area contributed by atoms with Crippen molar-refractivity contribution in [2.75, 3.05) is 14.2 Å². The van der Waals surface area contributed by atoms with Gasteiger partial charge < -0.3 is 15.2 Å². The fourth-order valence-electron chi connectivity index (χ4n) is 1.80. The Kier molecular flexibility index (Phi) is 6.34. The van der Waals surface area contributed by atoms with E-state index in [1.54, 1.807) is 26.6 Å². The number of nitrogens with zero attached hydrogens (tertiary/aromatic N) is 3. The third kappa shape index (κ3) is 5.45. The van der Waals surface area contributed by atoms with Gasteiger partial charge in [0.2, 0.25) is 5.96 Å². The third-order valence-corrected chi connectivity index (χ3v) is 2.95. The first kappa shape index (κ1) is 17.0. The van der Waals surface area contributed by atoms with Gasteiger partial charge in [-0.1, -0.05) is 24.3 Å². The molecule has 0 bridgehead atoms. The number of nitrogens with two attached hydrogens (primary N) is 1. The largest absolute Gasteiger partial charge is 0.497 e. The average molecular weight is 325 g/mol. The number of rotatable bonds is 6. The smallest absolute Gasteiger partial charge is 0.234 e. The summed E-state index contributed by atoms with van der Waals surface area (Å²) in [5.74, 6) is 1.58. The molecule has 3 N–H and O–H groups in total. The lowest BCUT2D eigenvalue weighted by Crippen LogP contribution is -2.26. The first-order chi connectivity index (χ1) is 11.7. The third-order valence-electron chi connectivity index (χ3n) is 2.95. The van der Waals surface area contributed by atoms with E-state index in [1.165, 1.54) is 0 Å². The predicted molar refractivity (Wildman–Crippen MR) is 95.9 cm³/mol. The predicted octanol–water partition coefficient (Wildman–Crippen LogP) is 1.98. The van der Waals surface area contributed by atoms with Gasteiger partial charge >= 0.3 is 0 Å². The molecule has 124 valence electrons. The fraction of sp³-hybridized carbons (Fsp3) is 0.118. The summed E-state index contributed by atoms with van der Waals surface area (Å²) in [7, 11) is 3.22. The van der Waals surface area contributed by atoms with Crippen LogP contribution < -0.4 is 20.6 Å². The van der Waals surface area contributed by atoms with E-state index in [9.17, 15) is 0 Å². The van der Waals surface area contributed by atoms with Crippen LogP contribution in [0.2, 0.25) is 0 Å². The molecule has 2 rings (SSSR count). The highest BCUT2D eigenvalue weighted by Crippen LogP contribution is 2.11. The number of nitrogens with one attached hydrogen (secondary N) is 1. The molecule has 0 fully saturated rings. The molecule has 24 heavy (non-hydrogen) atoms. The number of hydrogen-bond donors (Lipinski definition) is 2. The Morgan fingerprint density at radius 3 is 2.12 bits per heavy atom. The highest BCUT2D eigenvalue weighted by Gasteiger charge is 1.93. The molecule has 0 saturated heterocycles. The first-order valence-electron chi connectivity index (χ1n) is 7.15. The van der Waals surface area contributed by atoms with Crippen LogP contribution >= 0.6 is 0 Å². The number of ether oxygens (including phenoxy) is 2. The topological polar surface area (TPSA) is 93.6 Å². The van der Waals surface area contributed by atoms with Gasteiger partial charge in [-0.25, -0.2) is 5.43 Å². The lowest BCUT2D eigenvalue weighted by atomic mass is 10.2. The van der Waals surface area contributed by atoms with Gasteiger partial charge in [0.15, 0.2) is 0 Å². The minimum absolute atomic E-state index is 0.0771. The molecule has 0 unspecified atom stereocenters. The molecule has 7 heteroatoms. The van der Waals surface area contributed by atoms with Crippen molar-refractivity contribution < 1.29 is 9.47 Å². The summed E-state index contributed by atoms with van der Waals surface area (Å²) < 4.78 is 10.3. The molecule has 0 aromatic heterocycles. The summed E-state index contributed by atoms with van der Waals surface area (Å²) in [5, 5.41) is 11.7. The van der Waals surface area contributed by atoms with Crippen LogP contribution in [0.25, 0.3) is 0 Å². The molecule has 2 aromatic rings. The fourth-order valence-corrected chi connectivity index (χ4v) is 1.80. The Labute approximate surface area is 140 Å². The Bertz CT molecular complexity index is 756. The maximum Gasteiger partial charge on any atom is 0.234 e. The van der Waals surface area contributed by atoms with E-state index in [2.05, 4.69) is 20.7 Å². The Hall–Kier alpha value is -3.35. The van der Waals surface area contributed by atoms with E-state index in [0.29, 0.717) is 0 Å². The summed E-state index contributed by atoms with van der Waals surface area (Å²) in [6, 6.07) is 14.9. The zero-order chi connectivity index (χ0) is 17.2. The van der Waals surface area contributed by atoms with E-state index in [-0.39, 0.29) is 5.96 Å². The SMILES string of the molecule is COc1cccc(/C=N/N=C(N)N/N=C/c2cccc(OC)c2)c1. The summed E-state index contributed by atoms with van der Waals surface area (Å²) in [4.78, 5) is 0. The van der Waals surface area contributed by atoms with Crippen LogP contribution in [-0.4, -0.2) is 32.6 Å². The Balaban J connectivity index is 1.91. The standard InChI is InChI=1S/C17H19N5O2/c1-23-15-7-3-5-13(9-15)11-19-21-17(18)22-20-12-14-6-4-8-16(10-14)24-2/h3-12H,1-2H3,(H3,18,21,22)/b19-11+,20-12+. The summed E-state index contributed by atoms with van der Waals surface area (Å²) >= 11 is 0. The van der Waals surface area contributed by atoms with Gasteiger partial charge in [-0.3, -0.25) is 0 Å². The van der Waals surface area contributed by atoms with Crippen molar-refractivity contribution in [3.63, 3.8) is 0 Å². The van der Waals surface area contributed by atoms with Crippen molar-refractivity contribution in [1.82, 2.24) is 5.43 Å². The second-order valence-corrected chi connectivity index (χ2v) is 4.65. The van der Waals surface area contributed by atoms with Crippen molar-refractivity contribution in [2.45, 2.75) is 0 Å². The van der Waals surface area contributed by atoms with Gasteiger partial charge in [-0.15, -0.1) is 5.10 Å². The number of hydrogen-bond acceptors (Lipinski definition) is 5. The Morgan fingerprint density at radius 2 is 1.54 bits per heavy atom. The molecule has 0 aliphatic rings. The maximum absolute atomic E-state index is 5.68. The second-order valence-electron chi connectivity index (χ2n) is 4.65. The van der Waals surface area contributed by atoms with Crippen molar-refractivity contribution in [1.29, 1.82) is 0 Å². The minimum Gasteiger partial charge on any atom is -0.497 e. The second kappa shape index (κ2) is 8.94. The van der Waals surface area contributed by atoms with Crippen molar-refractivity contribution in [2.24, 2.45) is 21.0 Å². The lowest BCUT2D eigenvalue weighted by Gasteiger charge is -2.00. The molecule has 0 saturated carbocycles. The molecule has 0 amide bonds. The molecule has 0 spiro atoms. The van der Waals surface area contributed by atoms with Crippen LogP contribution in [0.15, 0.2) is 63.8 Å². The highest BCUT2D eigenvalue weighted by molar-refractivity contribution is 5.84. The number of methoxy groups -OCH3 is 2. The molecular formula is C17H19N5O2. The van der Waals surface area contributed by atoms with Crippen LogP contribution in [0.1, 0.15) is 11.1 Å². The molecule has 0 atom stereocenters. The monoisotopic (exact) mass is 325 g/mol.